The van der Waals surface area contributed by atoms with Crippen molar-refractivity contribution in [3.63, 3.8) is 0 Å². The van der Waals surface area contributed by atoms with Gasteiger partial charge in [0.25, 0.3) is 0 Å². The molecular weight excluding hydrogens is 608 g/mol. The van der Waals surface area contributed by atoms with Crippen molar-refractivity contribution in [2.24, 2.45) is 0 Å². The first-order valence-corrected chi connectivity index (χ1v) is 16.5. The van der Waals surface area contributed by atoms with E-state index in [1.54, 1.807) is 28.4 Å². The number of ether oxygens (including phenoxy) is 5. The molecule has 1 aliphatic heterocycles. The lowest BCUT2D eigenvalue weighted by atomic mass is 9.43. The van der Waals surface area contributed by atoms with Crippen LogP contribution in [0.4, 0.5) is 0 Å². The number of benzene rings is 6. The van der Waals surface area contributed by atoms with Crippen LogP contribution in [0.15, 0.2) is 133 Å². The van der Waals surface area contributed by atoms with Gasteiger partial charge < -0.3 is 23.7 Å². The molecule has 244 valence electrons. The second-order valence-electron chi connectivity index (χ2n) is 12.6. The van der Waals surface area contributed by atoms with Crippen LogP contribution < -0.4 is 18.9 Å². The molecule has 0 radical (unpaired) electrons. The SMILES string of the molecule is COc1ccc(C2(c3ccc(OC)cc3)c3cccc4c3-c3c(cccc3C2(c2ccc(OC)cc2)c2ccc(OC)cc2)COC4)cc1. The Balaban J connectivity index is 1.66. The lowest BCUT2D eigenvalue weighted by Gasteiger charge is -2.57. The summed E-state index contributed by atoms with van der Waals surface area (Å²) in [7, 11) is 6.84. The molecule has 6 aromatic carbocycles. The van der Waals surface area contributed by atoms with Crippen LogP contribution in [0.1, 0.15) is 44.5 Å². The van der Waals surface area contributed by atoms with Crippen LogP contribution in [-0.4, -0.2) is 28.4 Å². The van der Waals surface area contributed by atoms with Gasteiger partial charge in [0.15, 0.2) is 0 Å². The third-order valence-corrected chi connectivity index (χ3v) is 10.5. The van der Waals surface area contributed by atoms with Gasteiger partial charge in [0.05, 0.1) is 52.5 Å². The van der Waals surface area contributed by atoms with Crippen molar-refractivity contribution in [2.75, 3.05) is 28.4 Å². The Morgan fingerprint density at radius 3 is 0.939 bits per heavy atom. The molecule has 0 fully saturated rings. The minimum atomic E-state index is -0.809. The summed E-state index contributed by atoms with van der Waals surface area (Å²) in [5, 5.41) is 0. The first-order valence-electron chi connectivity index (χ1n) is 16.5. The van der Waals surface area contributed by atoms with Crippen molar-refractivity contribution < 1.29 is 23.7 Å². The van der Waals surface area contributed by atoms with Gasteiger partial charge in [-0.3, -0.25) is 0 Å². The van der Waals surface area contributed by atoms with Crippen LogP contribution in [0.3, 0.4) is 0 Å². The molecule has 1 aliphatic carbocycles. The molecule has 0 N–H and O–H groups in total. The minimum absolute atomic E-state index is 0.524. The predicted octanol–water partition coefficient (Wildman–Crippen LogP) is 9.10. The molecule has 6 aromatic rings. The van der Waals surface area contributed by atoms with Gasteiger partial charge in [-0.2, -0.15) is 0 Å². The average molecular weight is 647 g/mol. The van der Waals surface area contributed by atoms with Gasteiger partial charge in [0.1, 0.15) is 23.0 Å². The predicted molar refractivity (Wildman–Crippen MR) is 192 cm³/mol. The van der Waals surface area contributed by atoms with E-state index in [0.717, 1.165) is 45.3 Å². The Morgan fingerprint density at radius 1 is 0.388 bits per heavy atom. The second-order valence-corrected chi connectivity index (χ2v) is 12.6. The fourth-order valence-electron chi connectivity index (χ4n) is 8.52. The first-order chi connectivity index (χ1) is 24.1. The van der Waals surface area contributed by atoms with Crippen molar-refractivity contribution in [2.45, 2.75) is 24.0 Å². The van der Waals surface area contributed by atoms with E-state index >= 15 is 0 Å². The fraction of sp³-hybridized carbons (Fsp3) is 0.182. The summed E-state index contributed by atoms with van der Waals surface area (Å²) in [5.41, 5.74) is 10.1. The Bertz CT molecular complexity index is 1860. The largest absolute Gasteiger partial charge is 0.497 e. The van der Waals surface area contributed by atoms with Gasteiger partial charge in [-0.25, -0.2) is 0 Å². The second kappa shape index (κ2) is 12.2. The molecular formula is C44H38O5. The van der Waals surface area contributed by atoms with E-state index in [1.807, 2.05) is 0 Å². The molecule has 0 bridgehead atoms. The maximum absolute atomic E-state index is 6.40. The van der Waals surface area contributed by atoms with Gasteiger partial charge >= 0.3 is 0 Å². The van der Waals surface area contributed by atoms with Gasteiger partial charge in [-0.05, 0) is 104 Å². The third kappa shape index (κ3) is 4.42. The summed E-state index contributed by atoms with van der Waals surface area (Å²) < 4.78 is 29.3. The molecule has 2 aliphatic rings. The zero-order valence-electron chi connectivity index (χ0n) is 28.2. The molecule has 0 saturated heterocycles. The number of hydrogen-bond donors (Lipinski definition) is 0. The van der Waals surface area contributed by atoms with Crippen molar-refractivity contribution in [3.8, 4) is 34.1 Å². The summed E-state index contributed by atoms with van der Waals surface area (Å²) in [6.45, 7) is 1.05. The minimum Gasteiger partial charge on any atom is -0.497 e. The number of rotatable bonds is 8. The summed E-state index contributed by atoms with van der Waals surface area (Å²) in [6.07, 6.45) is 0. The van der Waals surface area contributed by atoms with E-state index < -0.39 is 10.8 Å². The third-order valence-electron chi connectivity index (χ3n) is 10.5. The molecule has 5 nitrogen and oxygen atoms in total. The van der Waals surface area contributed by atoms with Crippen LogP contribution in [0, 0.1) is 0 Å². The molecule has 0 amide bonds. The lowest BCUT2D eigenvalue weighted by Crippen LogP contribution is -2.55. The Kier molecular flexibility index (Phi) is 7.65. The van der Waals surface area contributed by atoms with Crippen LogP contribution in [0.25, 0.3) is 11.1 Å². The molecule has 0 atom stereocenters. The molecule has 5 heteroatoms. The molecule has 0 aromatic heterocycles. The highest BCUT2D eigenvalue weighted by atomic mass is 16.5. The van der Waals surface area contributed by atoms with Crippen LogP contribution >= 0.6 is 0 Å². The lowest BCUT2D eigenvalue weighted by molar-refractivity contribution is 0.110. The fourth-order valence-corrected chi connectivity index (χ4v) is 8.52. The number of hydrogen-bond acceptors (Lipinski definition) is 5. The van der Waals surface area contributed by atoms with E-state index in [1.165, 1.54) is 33.4 Å². The smallest absolute Gasteiger partial charge is 0.118 e. The van der Waals surface area contributed by atoms with E-state index in [0.29, 0.717) is 13.2 Å². The Morgan fingerprint density at radius 2 is 0.673 bits per heavy atom. The van der Waals surface area contributed by atoms with Crippen molar-refractivity contribution in [3.05, 3.63) is 178 Å². The van der Waals surface area contributed by atoms with E-state index in [4.69, 9.17) is 23.7 Å². The van der Waals surface area contributed by atoms with Gasteiger partial charge in [0.2, 0.25) is 0 Å². The highest BCUT2D eigenvalue weighted by Gasteiger charge is 2.62. The summed E-state index contributed by atoms with van der Waals surface area (Å²) in [6, 6.07) is 47.9. The summed E-state index contributed by atoms with van der Waals surface area (Å²) in [4.78, 5) is 0. The molecule has 49 heavy (non-hydrogen) atoms. The molecule has 0 spiro atoms. The van der Waals surface area contributed by atoms with Crippen molar-refractivity contribution in [1.29, 1.82) is 0 Å². The first kappa shape index (κ1) is 30.8. The van der Waals surface area contributed by atoms with Crippen LogP contribution in [0.5, 0.6) is 23.0 Å². The number of methoxy groups -OCH3 is 4. The standard InChI is InChI=1S/C44H38O5/c1-45-35-19-11-31(12-20-35)43(32-13-21-36(46-2)22-14-32)39-9-5-7-29-27-49-28-30-8-6-10-40(42(30)41(29)39)44(43,33-15-23-37(47-3)24-16-33)34-17-25-38(48-4)26-18-34/h5-26H,27-28H2,1-4H3. The Labute approximate surface area is 287 Å². The average Bonchev–Trinajstić information content (AvgIpc) is 3.37. The van der Waals surface area contributed by atoms with E-state index in [2.05, 4.69) is 133 Å². The normalized spacial score (nSPS) is 15.0. The Hall–Kier alpha value is -5.52. The van der Waals surface area contributed by atoms with E-state index in [9.17, 15) is 0 Å². The molecule has 8 rings (SSSR count). The van der Waals surface area contributed by atoms with Gasteiger partial charge in [-0.1, -0.05) is 84.9 Å². The molecule has 0 unspecified atom stereocenters. The summed E-state index contributed by atoms with van der Waals surface area (Å²) in [5.74, 6) is 3.19. The summed E-state index contributed by atoms with van der Waals surface area (Å²) >= 11 is 0. The van der Waals surface area contributed by atoms with Gasteiger partial charge in [0, 0.05) is 0 Å². The quantitative estimate of drug-likeness (QED) is 0.165. The highest BCUT2D eigenvalue weighted by Crippen LogP contribution is 2.66. The molecule has 0 saturated carbocycles. The zero-order chi connectivity index (χ0) is 33.6. The monoisotopic (exact) mass is 646 g/mol. The van der Waals surface area contributed by atoms with Crippen LogP contribution in [-0.2, 0) is 28.8 Å². The van der Waals surface area contributed by atoms with Crippen LogP contribution in [0.2, 0.25) is 0 Å². The maximum Gasteiger partial charge on any atom is 0.118 e. The molecule has 1 heterocycles. The topological polar surface area (TPSA) is 46.2 Å². The highest BCUT2D eigenvalue weighted by molar-refractivity contribution is 5.89. The van der Waals surface area contributed by atoms with Crippen molar-refractivity contribution in [1.82, 2.24) is 0 Å². The van der Waals surface area contributed by atoms with Gasteiger partial charge in [-0.15, -0.1) is 0 Å². The van der Waals surface area contributed by atoms with Crippen molar-refractivity contribution >= 4 is 0 Å². The maximum atomic E-state index is 6.40. The van der Waals surface area contributed by atoms with E-state index in [-0.39, 0.29) is 0 Å². The zero-order valence-corrected chi connectivity index (χ0v) is 28.2.